The van der Waals surface area contributed by atoms with E-state index in [1.54, 1.807) is 18.2 Å². The molecular weight excluding hydrogens is 544 g/mol. The number of rotatable bonds is 9. The molecule has 17 nitrogen and oxygen atoms in total. The lowest BCUT2D eigenvalue weighted by Crippen LogP contribution is -2.43. The molecule has 2 aromatic heterocycles. The molecule has 202 valence electrons. The Morgan fingerprint density at radius 2 is 1.84 bits per heavy atom. The van der Waals surface area contributed by atoms with E-state index < -0.39 is 58.0 Å². The van der Waals surface area contributed by atoms with Gasteiger partial charge in [-0.15, -0.1) is 0 Å². The van der Waals surface area contributed by atoms with Gasteiger partial charge < -0.3 is 38.9 Å². The number of aromatic nitrogens is 3. The molecule has 19 heteroatoms. The van der Waals surface area contributed by atoms with E-state index in [4.69, 9.17) is 23.8 Å². The zero-order valence-electron chi connectivity index (χ0n) is 18.8. The number of hydrogen-bond acceptors (Lipinski definition) is 12. The van der Waals surface area contributed by atoms with E-state index in [2.05, 4.69) is 14.0 Å². The Bertz CT molecular complexity index is 1510. The Hall–Kier alpha value is -2.69. The number of methoxy groups -OCH3 is 1. The number of phosphoric acid groups is 2. The van der Waals surface area contributed by atoms with Crippen molar-refractivity contribution < 1.29 is 56.9 Å². The predicted octanol–water partition coefficient (Wildman–Crippen LogP) is -0.946. The van der Waals surface area contributed by atoms with E-state index in [1.165, 1.54) is 7.11 Å². The van der Waals surface area contributed by atoms with Gasteiger partial charge in [-0.25, -0.2) is 13.9 Å². The molecule has 3 aromatic rings. The summed E-state index contributed by atoms with van der Waals surface area (Å²) in [6.07, 6.45) is -5.60. The Morgan fingerprint density at radius 1 is 1.11 bits per heavy atom. The molecule has 4 rings (SSSR count). The molecule has 1 aliphatic heterocycles. The lowest BCUT2D eigenvalue weighted by atomic mass is 10.1. The first-order valence-electron chi connectivity index (χ1n) is 10.3. The minimum atomic E-state index is -5.38. The fourth-order valence-electron chi connectivity index (χ4n) is 3.65. The van der Waals surface area contributed by atoms with Gasteiger partial charge in [-0.3, -0.25) is 18.5 Å². The quantitative estimate of drug-likeness (QED) is 0.197. The summed E-state index contributed by atoms with van der Waals surface area (Å²) < 4.78 is 47.8. The van der Waals surface area contributed by atoms with Gasteiger partial charge in [-0.1, -0.05) is 5.16 Å². The lowest BCUT2D eigenvalue weighted by molar-refractivity contribution is -0.0547. The molecule has 0 saturated carbocycles. The van der Waals surface area contributed by atoms with E-state index in [-0.39, 0.29) is 12.2 Å². The molecule has 5 atom stereocenters. The number of hydrogen-bond donors (Lipinski definition) is 5. The van der Waals surface area contributed by atoms with Crippen LogP contribution in [0.3, 0.4) is 0 Å². The number of aliphatic hydroxyl groups excluding tert-OH is 2. The molecule has 1 saturated heterocycles. The third kappa shape index (κ3) is 5.91. The van der Waals surface area contributed by atoms with Crippen molar-refractivity contribution in [1.82, 2.24) is 14.3 Å². The van der Waals surface area contributed by atoms with Crippen molar-refractivity contribution in [1.29, 1.82) is 0 Å². The molecule has 1 aliphatic rings. The van der Waals surface area contributed by atoms with E-state index in [1.807, 2.05) is 0 Å². The highest BCUT2D eigenvalue weighted by molar-refractivity contribution is 7.60. The van der Waals surface area contributed by atoms with Crippen LogP contribution in [0.15, 0.2) is 44.6 Å². The summed E-state index contributed by atoms with van der Waals surface area (Å²) in [6, 6.07) is 5.85. The van der Waals surface area contributed by atoms with Crippen LogP contribution in [-0.2, 0) is 29.2 Å². The highest BCUT2D eigenvalue weighted by Crippen LogP contribution is 2.57. The average molecular weight is 565 g/mol. The van der Waals surface area contributed by atoms with Crippen LogP contribution >= 0.6 is 15.6 Å². The molecule has 0 spiro atoms. The topological polar surface area (TPSA) is 242 Å². The maximum Gasteiger partial charge on any atom is 0.481 e. The second-order valence-electron chi connectivity index (χ2n) is 7.80. The second kappa shape index (κ2) is 10.2. The largest absolute Gasteiger partial charge is 0.497 e. The number of benzene rings is 1. The maximum atomic E-state index is 13.1. The maximum absolute atomic E-state index is 13.1. The van der Waals surface area contributed by atoms with Crippen molar-refractivity contribution in [2.24, 2.45) is 0 Å². The van der Waals surface area contributed by atoms with Gasteiger partial charge in [0.2, 0.25) is 0 Å². The van der Waals surface area contributed by atoms with Gasteiger partial charge in [0.25, 0.3) is 5.56 Å². The molecule has 5 N–H and O–H groups in total. The summed E-state index contributed by atoms with van der Waals surface area (Å²) in [6.45, 7) is -1.27. The SMILES string of the molecule is COc1ccc2c(Cn3c(=O)ccn([C@@H]4O[C@H](COP(=O)(O)OP(=O)(O)O)[C@H](O)[C@@H]4O)c3=O)noc2c1. The molecule has 3 heterocycles. The van der Waals surface area contributed by atoms with Gasteiger partial charge in [0.15, 0.2) is 11.8 Å². The number of fused-ring (bicyclic) bond motifs is 1. The van der Waals surface area contributed by atoms with E-state index in [9.17, 15) is 33.8 Å². The van der Waals surface area contributed by atoms with Crippen molar-refractivity contribution in [2.75, 3.05) is 13.7 Å². The van der Waals surface area contributed by atoms with Crippen LogP contribution in [0, 0.1) is 0 Å². The minimum Gasteiger partial charge on any atom is -0.497 e. The summed E-state index contributed by atoms with van der Waals surface area (Å²) >= 11 is 0. The van der Waals surface area contributed by atoms with Crippen LogP contribution in [0.1, 0.15) is 11.9 Å². The number of ether oxygens (including phenoxy) is 2. The Labute approximate surface area is 205 Å². The zero-order chi connectivity index (χ0) is 27.1. The normalized spacial score (nSPS) is 23.8. The molecule has 0 bridgehead atoms. The number of phosphoric ester groups is 1. The van der Waals surface area contributed by atoms with E-state index >= 15 is 0 Å². The van der Waals surface area contributed by atoms with Crippen LogP contribution in [0.4, 0.5) is 0 Å². The minimum absolute atomic E-state index is 0.248. The molecule has 0 aliphatic carbocycles. The lowest BCUT2D eigenvalue weighted by Gasteiger charge is -2.19. The molecule has 1 unspecified atom stereocenters. The van der Waals surface area contributed by atoms with Gasteiger partial charge in [-0.05, 0) is 12.1 Å². The summed E-state index contributed by atoms with van der Waals surface area (Å²) in [5.41, 5.74) is -1.07. The van der Waals surface area contributed by atoms with Crippen molar-refractivity contribution in [3.63, 3.8) is 0 Å². The monoisotopic (exact) mass is 565 g/mol. The van der Waals surface area contributed by atoms with Crippen LogP contribution in [0.5, 0.6) is 5.75 Å². The van der Waals surface area contributed by atoms with Crippen molar-refractivity contribution in [3.05, 3.63) is 57.0 Å². The van der Waals surface area contributed by atoms with E-state index in [0.717, 1.165) is 21.4 Å². The highest BCUT2D eigenvalue weighted by atomic mass is 31.3. The third-order valence-corrected chi connectivity index (χ3v) is 7.53. The summed E-state index contributed by atoms with van der Waals surface area (Å²) in [5.74, 6) is 0.504. The Morgan fingerprint density at radius 3 is 2.51 bits per heavy atom. The summed E-state index contributed by atoms with van der Waals surface area (Å²) in [4.78, 5) is 52.3. The molecule has 0 amide bonds. The fraction of sp³-hybridized carbons (Fsp3) is 0.389. The van der Waals surface area contributed by atoms with E-state index in [0.29, 0.717) is 16.7 Å². The molecule has 1 fully saturated rings. The summed E-state index contributed by atoms with van der Waals surface area (Å²) in [5, 5.41) is 25.1. The average Bonchev–Trinajstić information content (AvgIpc) is 3.34. The van der Waals surface area contributed by atoms with Crippen molar-refractivity contribution >= 4 is 26.6 Å². The molecule has 0 radical (unpaired) electrons. The van der Waals surface area contributed by atoms with Crippen LogP contribution in [0.25, 0.3) is 11.0 Å². The summed E-state index contributed by atoms with van der Waals surface area (Å²) in [7, 11) is -9.18. The van der Waals surface area contributed by atoms with Crippen molar-refractivity contribution in [3.8, 4) is 5.75 Å². The predicted molar refractivity (Wildman–Crippen MR) is 119 cm³/mol. The highest BCUT2D eigenvalue weighted by Gasteiger charge is 2.46. The fourth-order valence-corrected chi connectivity index (χ4v) is 5.25. The first-order chi connectivity index (χ1) is 17.3. The van der Waals surface area contributed by atoms with Gasteiger partial charge in [0.05, 0.1) is 20.3 Å². The zero-order valence-corrected chi connectivity index (χ0v) is 20.5. The standard InChI is InChI=1S/C18H21N3O14P2/c1-31-9-2-3-10-11(19-34-12(10)6-9)7-21-14(22)4-5-20(18(21)25)17-16(24)15(23)13(33-17)8-32-37(29,30)35-36(26,27)28/h2-6,13,15-17,23-24H,7-8H2,1H3,(H,29,30)(H2,26,27,28)/t13-,15+,16+,17-/m1/s1. The van der Waals surface area contributed by atoms with Crippen molar-refractivity contribution in [2.45, 2.75) is 31.1 Å². The number of aliphatic hydroxyl groups is 2. The van der Waals surface area contributed by atoms with Crippen LogP contribution in [-0.4, -0.2) is 71.2 Å². The van der Waals surface area contributed by atoms with Crippen LogP contribution < -0.4 is 16.0 Å². The number of nitrogens with zero attached hydrogens (tertiary/aromatic N) is 3. The van der Waals surface area contributed by atoms with Gasteiger partial charge >= 0.3 is 21.3 Å². The van der Waals surface area contributed by atoms with Gasteiger partial charge in [0, 0.05) is 23.7 Å². The van der Waals surface area contributed by atoms with Gasteiger partial charge in [-0.2, -0.15) is 4.31 Å². The Kier molecular flexibility index (Phi) is 7.56. The first-order valence-corrected chi connectivity index (χ1v) is 13.3. The first kappa shape index (κ1) is 27.3. The molecule has 37 heavy (non-hydrogen) atoms. The second-order valence-corrected chi connectivity index (χ2v) is 10.6. The van der Waals surface area contributed by atoms with Crippen LogP contribution in [0.2, 0.25) is 0 Å². The van der Waals surface area contributed by atoms with Gasteiger partial charge in [0.1, 0.15) is 29.8 Å². The smallest absolute Gasteiger partial charge is 0.481 e. The Balaban J connectivity index is 1.56. The molecular formula is C18H21N3O14P2. The third-order valence-electron chi connectivity index (χ3n) is 5.38. The molecule has 1 aromatic carbocycles.